The standard InChI is InChI=1S/C12H6ClN5O2/c13-10-3-9(18(19)20)2-1-8(10)6-17-7-16-11(4-14)12(17)5-15/h1-3,7H,6H2. The number of benzene rings is 1. The van der Waals surface area contributed by atoms with Crippen molar-refractivity contribution < 1.29 is 4.92 Å². The van der Waals surface area contributed by atoms with E-state index < -0.39 is 4.92 Å². The fourth-order valence-electron chi connectivity index (χ4n) is 1.66. The highest BCUT2D eigenvalue weighted by atomic mass is 35.5. The molecule has 1 aromatic carbocycles. The van der Waals surface area contributed by atoms with Crippen molar-refractivity contribution in [3.05, 3.63) is 56.6 Å². The smallest absolute Gasteiger partial charge is 0.270 e. The van der Waals surface area contributed by atoms with Gasteiger partial charge in [-0.15, -0.1) is 0 Å². The van der Waals surface area contributed by atoms with Crippen molar-refractivity contribution in [2.75, 3.05) is 0 Å². The fourth-order valence-corrected chi connectivity index (χ4v) is 1.90. The van der Waals surface area contributed by atoms with E-state index in [1.165, 1.54) is 29.1 Å². The second-order valence-electron chi connectivity index (χ2n) is 3.83. The van der Waals surface area contributed by atoms with Crippen LogP contribution in [0, 0.1) is 32.8 Å². The lowest BCUT2D eigenvalue weighted by Gasteiger charge is -2.06. The second kappa shape index (κ2) is 5.39. The molecule has 1 aromatic heterocycles. The average molecular weight is 288 g/mol. The van der Waals surface area contributed by atoms with Gasteiger partial charge in [-0.25, -0.2) is 4.98 Å². The van der Waals surface area contributed by atoms with Crippen molar-refractivity contribution in [2.24, 2.45) is 0 Å². The predicted molar refractivity (Wildman–Crippen MR) is 68.9 cm³/mol. The third-order valence-corrected chi connectivity index (χ3v) is 2.99. The maximum Gasteiger partial charge on any atom is 0.270 e. The predicted octanol–water partition coefficient (Wildman–Crippen LogP) is 2.24. The first-order valence-electron chi connectivity index (χ1n) is 5.35. The Morgan fingerprint density at radius 2 is 2.15 bits per heavy atom. The van der Waals surface area contributed by atoms with Crippen LogP contribution in [0.2, 0.25) is 5.02 Å². The van der Waals surface area contributed by atoms with Gasteiger partial charge in [-0.05, 0) is 11.6 Å². The summed E-state index contributed by atoms with van der Waals surface area (Å²) in [5, 5.41) is 28.6. The van der Waals surface area contributed by atoms with E-state index in [0.717, 1.165) is 0 Å². The number of non-ortho nitro benzene ring substituents is 1. The van der Waals surface area contributed by atoms with Crippen LogP contribution in [-0.4, -0.2) is 14.5 Å². The van der Waals surface area contributed by atoms with Gasteiger partial charge in [0, 0.05) is 12.1 Å². The molecule has 0 fully saturated rings. The van der Waals surface area contributed by atoms with Crippen molar-refractivity contribution in [3.8, 4) is 12.1 Å². The van der Waals surface area contributed by atoms with Gasteiger partial charge in [-0.3, -0.25) is 10.1 Å². The van der Waals surface area contributed by atoms with Crippen LogP contribution in [0.25, 0.3) is 0 Å². The van der Waals surface area contributed by atoms with E-state index in [0.29, 0.717) is 5.56 Å². The molecule has 2 aromatic rings. The summed E-state index contributed by atoms with van der Waals surface area (Å²) in [6.45, 7) is 0.203. The van der Waals surface area contributed by atoms with Crippen LogP contribution in [-0.2, 0) is 6.54 Å². The summed E-state index contributed by atoms with van der Waals surface area (Å²) in [4.78, 5) is 13.9. The van der Waals surface area contributed by atoms with Crippen molar-refractivity contribution in [2.45, 2.75) is 6.54 Å². The zero-order chi connectivity index (χ0) is 14.7. The highest BCUT2D eigenvalue weighted by Gasteiger charge is 2.13. The Hall–Kier alpha value is -2.90. The van der Waals surface area contributed by atoms with Gasteiger partial charge in [0.15, 0.2) is 11.4 Å². The van der Waals surface area contributed by atoms with Crippen molar-refractivity contribution in [1.29, 1.82) is 10.5 Å². The van der Waals surface area contributed by atoms with Crippen LogP contribution in [0.4, 0.5) is 5.69 Å². The minimum atomic E-state index is -0.540. The van der Waals surface area contributed by atoms with Gasteiger partial charge in [-0.1, -0.05) is 11.6 Å². The molecule has 0 aliphatic heterocycles. The quantitative estimate of drug-likeness (QED) is 0.635. The molecule has 8 heteroatoms. The van der Waals surface area contributed by atoms with Crippen LogP contribution < -0.4 is 0 Å². The molecule has 0 aliphatic carbocycles. The number of hydrogen-bond donors (Lipinski definition) is 0. The molecule has 0 bridgehead atoms. The maximum atomic E-state index is 10.6. The Labute approximate surface area is 118 Å². The summed E-state index contributed by atoms with van der Waals surface area (Å²) < 4.78 is 1.46. The van der Waals surface area contributed by atoms with E-state index in [9.17, 15) is 10.1 Å². The lowest BCUT2D eigenvalue weighted by atomic mass is 10.2. The molecule has 20 heavy (non-hydrogen) atoms. The molecule has 1 heterocycles. The third-order valence-electron chi connectivity index (χ3n) is 2.64. The van der Waals surface area contributed by atoms with Gasteiger partial charge >= 0.3 is 0 Å². The Kier molecular flexibility index (Phi) is 3.65. The van der Waals surface area contributed by atoms with E-state index in [2.05, 4.69) is 4.98 Å². The number of nitrogens with zero attached hydrogens (tertiary/aromatic N) is 5. The normalized spacial score (nSPS) is 9.75. The molecule has 0 spiro atoms. The number of nitriles is 2. The SMILES string of the molecule is N#Cc1ncn(Cc2ccc([N+](=O)[O-])cc2Cl)c1C#N. The lowest BCUT2D eigenvalue weighted by molar-refractivity contribution is -0.384. The summed E-state index contributed by atoms with van der Waals surface area (Å²) in [6, 6.07) is 7.78. The van der Waals surface area contributed by atoms with Gasteiger partial charge in [-0.2, -0.15) is 10.5 Å². The summed E-state index contributed by atoms with van der Waals surface area (Å²) in [5.74, 6) is 0. The number of imidazole rings is 1. The monoisotopic (exact) mass is 287 g/mol. The van der Waals surface area contributed by atoms with Crippen LogP contribution in [0.5, 0.6) is 0 Å². The average Bonchev–Trinajstić information content (AvgIpc) is 2.82. The summed E-state index contributed by atoms with van der Waals surface area (Å²) >= 11 is 5.97. The molecule has 0 atom stereocenters. The van der Waals surface area contributed by atoms with E-state index in [1.54, 1.807) is 0 Å². The van der Waals surface area contributed by atoms with Crippen LogP contribution in [0.3, 0.4) is 0 Å². The summed E-state index contributed by atoms with van der Waals surface area (Å²) in [6.07, 6.45) is 1.36. The molecule has 2 rings (SSSR count). The first kappa shape index (κ1) is 13.5. The summed E-state index contributed by atoms with van der Waals surface area (Å²) in [7, 11) is 0. The molecular weight excluding hydrogens is 282 g/mol. The van der Waals surface area contributed by atoms with E-state index >= 15 is 0 Å². The lowest BCUT2D eigenvalue weighted by Crippen LogP contribution is -2.02. The molecular formula is C12H6ClN5O2. The molecule has 0 unspecified atom stereocenters. The van der Waals surface area contributed by atoms with Gasteiger partial charge < -0.3 is 4.57 Å². The van der Waals surface area contributed by atoms with E-state index in [-0.39, 0.29) is 28.6 Å². The van der Waals surface area contributed by atoms with Crippen molar-refractivity contribution in [3.63, 3.8) is 0 Å². The highest BCUT2D eigenvalue weighted by Crippen LogP contribution is 2.23. The maximum absolute atomic E-state index is 10.6. The molecule has 98 valence electrons. The molecule has 0 saturated heterocycles. The minimum Gasteiger partial charge on any atom is -0.317 e. The largest absolute Gasteiger partial charge is 0.317 e. The highest BCUT2D eigenvalue weighted by molar-refractivity contribution is 6.31. The molecule has 0 radical (unpaired) electrons. The van der Waals surface area contributed by atoms with Gasteiger partial charge in [0.25, 0.3) is 5.69 Å². The Balaban J connectivity index is 2.37. The topological polar surface area (TPSA) is 109 Å². The number of hydrogen-bond acceptors (Lipinski definition) is 5. The molecule has 0 N–H and O–H groups in total. The van der Waals surface area contributed by atoms with Crippen molar-refractivity contribution >= 4 is 17.3 Å². The van der Waals surface area contributed by atoms with E-state index in [4.69, 9.17) is 22.1 Å². The number of halogens is 1. The Morgan fingerprint density at radius 1 is 1.40 bits per heavy atom. The van der Waals surface area contributed by atoms with Gasteiger partial charge in [0.05, 0.1) is 22.8 Å². The molecule has 0 saturated carbocycles. The number of nitro benzene ring substituents is 1. The second-order valence-corrected chi connectivity index (χ2v) is 4.23. The van der Waals surface area contributed by atoms with Crippen molar-refractivity contribution in [1.82, 2.24) is 9.55 Å². The summed E-state index contributed by atoms with van der Waals surface area (Å²) in [5.41, 5.74) is 0.644. The fraction of sp³-hybridized carbons (Fsp3) is 0.0833. The molecule has 0 amide bonds. The minimum absolute atomic E-state index is 0.0329. The Bertz CT molecular complexity index is 769. The molecule has 7 nitrogen and oxygen atoms in total. The van der Waals surface area contributed by atoms with Gasteiger partial charge in [0.2, 0.25) is 0 Å². The zero-order valence-electron chi connectivity index (χ0n) is 9.95. The van der Waals surface area contributed by atoms with Gasteiger partial charge in [0.1, 0.15) is 12.1 Å². The zero-order valence-corrected chi connectivity index (χ0v) is 10.7. The number of rotatable bonds is 3. The van der Waals surface area contributed by atoms with E-state index in [1.807, 2.05) is 12.1 Å². The number of nitro groups is 1. The first-order valence-corrected chi connectivity index (χ1v) is 5.72. The third kappa shape index (κ3) is 2.44. The number of aromatic nitrogens is 2. The van der Waals surface area contributed by atoms with Crippen LogP contribution in [0.15, 0.2) is 24.5 Å². The Morgan fingerprint density at radius 3 is 2.70 bits per heavy atom. The van der Waals surface area contributed by atoms with Crippen LogP contribution in [0.1, 0.15) is 17.0 Å². The first-order chi connectivity index (χ1) is 9.56. The molecule has 0 aliphatic rings. The van der Waals surface area contributed by atoms with Crippen LogP contribution >= 0.6 is 11.6 Å².